The van der Waals surface area contributed by atoms with Crippen LogP contribution in [-0.2, 0) is 11.3 Å². The Labute approximate surface area is 93.8 Å². The van der Waals surface area contributed by atoms with E-state index in [0.29, 0.717) is 12.8 Å². The highest BCUT2D eigenvalue weighted by molar-refractivity contribution is 5.73. The van der Waals surface area contributed by atoms with Crippen LogP contribution >= 0.6 is 0 Å². The number of aldehydes is 1. The van der Waals surface area contributed by atoms with Crippen molar-refractivity contribution in [2.75, 3.05) is 6.61 Å². The van der Waals surface area contributed by atoms with Gasteiger partial charge in [-0.3, -0.25) is 9.59 Å². The molecule has 0 bridgehead atoms. The van der Waals surface area contributed by atoms with E-state index in [9.17, 15) is 9.59 Å². The lowest BCUT2D eigenvalue weighted by atomic mass is 10.2. The van der Waals surface area contributed by atoms with E-state index >= 15 is 0 Å². The van der Waals surface area contributed by atoms with Crippen molar-refractivity contribution >= 4 is 6.29 Å². The van der Waals surface area contributed by atoms with Gasteiger partial charge in [0.15, 0.2) is 6.29 Å². The molecule has 16 heavy (non-hydrogen) atoms. The molecule has 2 heterocycles. The molecule has 0 N–H and O–H groups in total. The Morgan fingerprint density at radius 3 is 3.00 bits per heavy atom. The molecule has 0 radical (unpaired) electrons. The number of pyridine rings is 1. The van der Waals surface area contributed by atoms with Gasteiger partial charge in [0.25, 0.3) is 5.56 Å². The molecule has 2 rings (SSSR count). The normalized spacial score (nSPS) is 19.9. The molecule has 1 aromatic rings. The van der Waals surface area contributed by atoms with Crippen molar-refractivity contribution in [1.29, 1.82) is 0 Å². The lowest BCUT2D eigenvalue weighted by Gasteiger charge is -2.14. The number of nitrogens with zero attached hydrogens (tertiary/aromatic N) is 1. The zero-order valence-corrected chi connectivity index (χ0v) is 9.31. The van der Waals surface area contributed by atoms with Gasteiger partial charge < -0.3 is 9.30 Å². The second-order valence-electron chi connectivity index (χ2n) is 4.10. The summed E-state index contributed by atoms with van der Waals surface area (Å²) < 4.78 is 7.12. The topological polar surface area (TPSA) is 48.3 Å². The second kappa shape index (κ2) is 4.61. The summed E-state index contributed by atoms with van der Waals surface area (Å²) in [5.41, 5.74) is 0.861. The SMILES string of the molecule is Cc1ccc(C=O)c(=O)n1CC1CCCO1. The molecule has 86 valence electrons. The average molecular weight is 221 g/mol. The Balaban J connectivity index is 2.31. The molecule has 4 nitrogen and oxygen atoms in total. The molecule has 0 aromatic carbocycles. The average Bonchev–Trinajstić information content (AvgIpc) is 2.77. The first-order valence-electron chi connectivity index (χ1n) is 5.49. The van der Waals surface area contributed by atoms with Crippen LogP contribution in [0.2, 0.25) is 0 Å². The van der Waals surface area contributed by atoms with Crippen LogP contribution in [-0.4, -0.2) is 23.6 Å². The van der Waals surface area contributed by atoms with Crippen molar-refractivity contribution in [2.24, 2.45) is 0 Å². The molecule has 0 aliphatic carbocycles. The molecule has 1 unspecified atom stereocenters. The largest absolute Gasteiger partial charge is 0.376 e. The number of rotatable bonds is 3. The molecular formula is C12H15NO3. The highest BCUT2D eigenvalue weighted by Crippen LogP contribution is 2.14. The molecular weight excluding hydrogens is 206 g/mol. The van der Waals surface area contributed by atoms with Gasteiger partial charge in [-0.15, -0.1) is 0 Å². The molecule has 1 aliphatic rings. The molecule has 0 spiro atoms. The zero-order chi connectivity index (χ0) is 11.5. The maximum absolute atomic E-state index is 11.9. The standard InChI is InChI=1S/C12H15NO3/c1-9-4-5-10(8-14)12(15)13(9)7-11-3-2-6-16-11/h4-5,8,11H,2-3,6-7H2,1H3. The molecule has 1 fully saturated rings. The predicted octanol–water partition coefficient (Wildman–Crippen LogP) is 1.15. The number of ether oxygens (including phenoxy) is 1. The number of carbonyl (C=O) groups excluding carboxylic acids is 1. The van der Waals surface area contributed by atoms with Crippen LogP contribution in [0.5, 0.6) is 0 Å². The van der Waals surface area contributed by atoms with E-state index in [-0.39, 0.29) is 17.2 Å². The summed E-state index contributed by atoms with van der Waals surface area (Å²) in [6, 6.07) is 3.36. The summed E-state index contributed by atoms with van der Waals surface area (Å²) >= 11 is 0. The van der Waals surface area contributed by atoms with Gasteiger partial charge in [-0.05, 0) is 31.9 Å². The molecule has 4 heteroatoms. The van der Waals surface area contributed by atoms with E-state index < -0.39 is 0 Å². The zero-order valence-electron chi connectivity index (χ0n) is 9.31. The Bertz CT molecular complexity index is 444. The number of hydrogen-bond acceptors (Lipinski definition) is 3. The van der Waals surface area contributed by atoms with Gasteiger partial charge in [-0.2, -0.15) is 0 Å². The quantitative estimate of drug-likeness (QED) is 0.719. The fourth-order valence-electron chi connectivity index (χ4n) is 2.00. The number of aromatic nitrogens is 1. The Morgan fingerprint density at radius 2 is 2.38 bits per heavy atom. The summed E-state index contributed by atoms with van der Waals surface area (Å²) in [5, 5.41) is 0. The van der Waals surface area contributed by atoms with Crippen LogP contribution < -0.4 is 5.56 Å². The molecule has 1 aromatic heterocycles. The third-order valence-electron chi connectivity index (χ3n) is 2.96. The first-order chi connectivity index (χ1) is 7.72. The van der Waals surface area contributed by atoms with E-state index in [4.69, 9.17) is 4.74 Å². The van der Waals surface area contributed by atoms with Crippen LogP contribution in [0.4, 0.5) is 0 Å². The third-order valence-corrected chi connectivity index (χ3v) is 2.96. The monoisotopic (exact) mass is 221 g/mol. The minimum absolute atomic E-state index is 0.110. The molecule has 1 atom stereocenters. The van der Waals surface area contributed by atoms with Crippen molar-refractivity contribution in [3.05, 3.63) is 33.7 Å². The van der Waals surface area contributed by atoms with Crippen LogP contribution in [0.25, 0.3) is 0 Å². The fraction of sp³-hybridized carbons (Fsp3) is 0.500. The number of aryl methyl sites for hydroxylation is 1. The summed E-state index contributed by atoms with van der Waals surface area (Å²) in [7, 11) is 0. The van der Waals surface area contributed by atoms with Gasteiger partial charge in [0.2, 0.25) is 0 Å². The number of carbonyl (C=O) groups is 1. The summed E-state index contributed by atoms with van der Waals surface area (Å²) in [4.78, 5) is 22.6. The number of hydrogen-bond donors (Lipinski definition) is 0. The van der Waals surface area contributed by atoms with Crippen LogP contribution in [0.3, 0.4) is 0 Å². The Hall–Kier alpha value is -1.42. The van der Waals surface area contributed by atoms with Gasteiger partial charge in [0.1, 0.15) is 0 Å². The minimum atomic E-state index is -0.217. The van der Waals surface area contributed by atoms with E-state index in [1.807, 2.05) is 6.92 Å². The van der Waals surface area contributed by atoms with Crippen LogP contribution in [0, 0.1) is 6.92 Å². The van der Waals surface area contributed by atoms with Gasteiger partial charge in [-0.1, -0.05) is 0 Å². The van der Waals surface area contributed by atoms with Crippen molar-refractivity contribution in [2.45, 2.75) is 32.4 Å². The van der Waals surface area contributed by atoms with Gasteiger partial charge in [-0.25, -0.2) is 0 Å². The highest BCUT2D eigenvalue weighted by atomic mass is 16.5. The van der Waals surface area contributed by atoms with Gasteiger partial charge in [0.05, 0.1) is 18.2 Å². The van der Waals surface area contributed by atoms with Crippen LogP contribution in [0.1, 0.15) is 28.9 Å². The maximum Gasteiger partial charge on any atom is 0.261 e. The molecule has 0 saturated carbocycles. The first kappa shape index (κ1) is 11.1. The fourth-order valence-corrected chi connectivity index (χ4v) is 2.00. The highest BCUT2D eigenvalue weighted by Gasteiger charge is 2.17. The van der Waals surface area contributed by atoms with E-state index in [1.54, 1.807) is 16.7 Å². The van der Waals surface area contributed by atoms with E-state index in [0.717, 1.165) is 25.1 Å². The van der Waals surface area contributed by atoms with E-state index in [2.05, 4.69) is 0 Å². The molecule has 0 amide bonds. The van der Waals surface area contributed by atoms with Gasteiger partial charge in [0, 0.05) is 12.3 Å². The summed E-state index contributed by atoms with van der Waals surface area (Å²) in [5.74, 6) is 0. The summed E-state index contributed by atoms with van der Waals surface area (Å²) in [6.07, 6.45) is 2.75. The van der Waals surface area contributed by atoms with Crippen molar-refractivity contribution in [3.8, 4) is 0 Å². The third kappa shape index (κ3) is 2.07. The first-order valence-corrected chi connectivity index (χ1v) is 5.49. The second-order valence-corrected chi connectivity index (χ2v) is 4.10. The van der Waals surface area contributed by atoms with Gasteiger partial charge >= 0.3 is 0 Å². The Morgan fingerprint density at radius 1 is 1.56 bits per heavy atom. The molecule has 1 saturated heterocycles. The van der Waals surface area contributed by atoms with Crippen molar-refractivity contribution < 1.29 is 9.53 Å². The van der Waals surface area contributed by atoms with Crippen molar-refractivity contribution in [3.63, 3.8) is 0 Å². The Kier molecular flexibility index (Phi) is 3.19. The minimum Gasteiger partial charge on any atom is -0.376 e. The van der Waals surface area contributed by atoms with Crippen molar-refractivity contribution in [1.82, 2.24) is 4.57 Å². The smallest absolute Gasteiger partial charge is 0.261 e. The summed E-state index contributed by atoms with van der Waals surface area (Å²) in [6.45, 7) is 3.18. The molecule has 1 aliphatic heterocycles. The predicted molar refractivity (Wildman–Crippen MR) is 59.8 cm³/mol. The van der Waals surface area contributed by atoms with E-state index in [1.165, 1.54) is 0 Å². The van der Waals surface area contributed by atoms with Crippen LogP contribution in [0.15, 0.2) is 16.9 Å². The lowest BCUT2D eigenvalue weighted by molar-refractivity contribution is 0.0953. The lowest BCUT2D eigenvalue weighted by Crippen LogP contribution is -2.30. The maximum atomic E-state index is 11.9.